The molecule has 0 saturated carbocycles. The van der Waals surface area contributed by atoms with E-state index in [9.17, 15) is 9.59 Å². The van der Waals surface area contributed by atoms with Crippen molar-refractivity contribution in [3.8, 4) is 0 Å². The molecular formula is C21H16ClN3O2. The third kappa shape index (κ3) is 2.18. The van der Waals surface area contributed by atoms with Crippen molar-refractivity contribution in [1.82, 2.24) is 14.9 Å². The van der Waals surface area contributed by atoms with Gasteiger partial charge in [-0.3, -0.25) is 14.5 Å². The van der Waals surface area contributed by atoms with Crippen molar-refractivity contribution in [3.05, 3.63) is 71.0 Å². The summed E-state index contributed by atoms with van der Waals surface area (Å²) in [4.78, 5) is 33.7. The Hall–Kier alpha value is -3.05. The predicted octanol–water partition coefficient (Wildman–Crippen LogP) is 4.17. The molecule has 1 saturated heterocycles. The lowest BCUT2D eigenvalue weighted by Gasteiger charge is -2.14. The molecule has 3 heterocycles. The van der Waals surface area contributed by atoms with Gasteiger partial charge in [-0.2, -0.15) is 0 Å². The number of amides is 2. The third-order valence-corrected chi connectivity index (χ3v) is 5.83. The molecule has 5 nitrogen and oxygen atoms in total. The quantitative estimate of drug-likeness (QED) is 0.515. The molecule has 5 rings (SSSR count). The number of rotatable bonds is 2. The van der Waals surface area contributed by atoms with Gasteiger partial charge in [-0.05, 0) is 23.3 Å². The molecule has 0 aliphatic carbocycles. The van der Waals surface area contributed by atoms with Gasteiger partial charge < -0.3 is 9.97 Å². The summed E-state index contributed by atoms with van der Waals surface area (Å²) in [5, 5.41) is 2.42. The van der Waals surface area contributed by atoms with Crippen molar-refractivity contribution in [2.45, 2.75) is 11.8 Å². The summed E-state index contributed by atoms with van der Waals surface area (Å²) in [5.74, 6) is -1.55. The number of hydrogen-bond donors (Lipinski definition) is 2. The Morgan fingerprint density at radius 3 is 2.26 bits per heavy atom. The minimum atomic E-state index is -0.589. The van der Waals surface area contributed by atoms with Crippen molar-refractivity contribution in [2.24, 2.45) is 0 Å². The number of aromatic amines is 2. The van der Waals surface area contributed by atoms with Gasteiger partial charge in [-0.15, -0.1) is 0 Å². The molecule has 0 radical (unpaired) electrons. The van der Waals surface area contributed by atoms with E-state index in [4.69, 9.17) is 11.6 Å². The smallest absolute Gasteiger partial charge is 0.237 e. The van der Waals surface area contributed by atoms with Crippen molar-refractivity contribution in [3.63, 3.8) is 0 Å². The van der Waals surface area contributed by atoms with Crippen LogP contribution in [0, 0.1) is 0 Å². The Bertz CT molecular complexity index is 1220. The second kappa shape index (κ2) is 5.72. The van der Waals surface area contributed by atoms with Gasteiger partial charge in [0.25, 0.3) is 0 Å². The number of hydrogen-bond acceptors (Lipinski definition) is 2. The molecule has 1 aliphatic heterocycles. The summed E-state index contributed by atoms with van der Waals surface area (Å²) < 4.78 is 0. The highest BCUT2D eigenvalue weighted by molar-refractivity contribution is 6.35. The molecule has 4 aromatic rings. The number of fused-ring (bicyclic) bond motifs is 2. The first kappa shape index (κ1) is 16.1. The fraction of sp³-hybridized carbons (Fsp3) is 0.143. The second-order valence-electron chi connectivity index (χ2n) is 6.89. The number of likely N-dealkylation sites (N-methyl/N-ethyl adjacent to an activating group) is 1. The second-order valence-corrected chi connectivity index (χ2v) is 7.29. The van der Waals surface area contributed by atoms with Gasteiger partial charge in [-0.1, -0.05) is 41.9 Å². The van der Waals surface area contributed by atoms with Gasteiger partial charge in [0.05, 0.1) is 22.4 Å². The Labute approximate surface area is 159 Å². The molecule has 0 bridgehead atoms. The molecule has 2 aromatic carbocycles. The molecule has 1 aliphatic rings. The minimum Gasteiger partial charge on any atom is -0.361 e. The van der Waals surface area contributed by atoms with Crippen LogP contribution in [0.1, 0.15) is 23.0 Å². The first-order valence-electron chi connectivity index (χ1n) is 8.71. The molecule has 0 unspecified atom stereocenters. The number of para-hydroxylation sites is 2. The van der Waals surface area contributed by atoms with Crippen molar-refractivity contribution >= 4 is 45.2 Å². The van der Waals surface area contributed by atoms with Crippen LogP contribution in [-0.2, 0) is 9.59 Å². The summed E-state index contributed by atoms with van der Waals surface area (Å²) >= 11 is 6.29. The van der Waals surface area contributed by atoms with E-state index >= 15 is 0 Å². The predicted molar refractivity (Wildman–Crippen MR) is 105 cm³/mol. The molecule has 27 heavy (non-hydrogen) atoms. The molecule has 2 amide bonds. The van der Waals surface area contributed by atoms with Gasteiger partial charge in [-0.25, -0.2) is 0 Å². The molecular weight excluding hydrogens is 362 g/mol. The molecule has 2 atom stereocenters. The zero-order valence-electron chi connectivity index (χ0n) is 14.5. The SMILES string of the molecule is CN1C(=O)[C@H](c2c[nH]c3c(Cl)cccc23)[C@H](c2c[nH]c3ccccc23)C1=O. The maximum absolute atomic E-state index is 13.0. The normalized spacial score (nSPS) is 20.3. The highest BCUT2D eigenvalue weighted by Gasteiger charge is 2.49. The standard InChI is InChI=1S/C21H16ClN3O2/c1-25-20(26)17(13-9-23-16-8-3-2-5-11(13)16)18(21(25)27)14-10-24-19-12(14)6-4-7-15(19)22/h2-10,17-18,23-24H,1H3/t17-,18+/m0/s1. The number of H-pyrrole nitrogens is 2. The number of carbonyl (C=O) groups is 2. The van der Waals surface area contributed by atoms with E-state index in [1.54, 1.807) is 19.3 Å². The summed E-state index contributed by atoms with van der Waals surface area (Å²) in [7, 11) is 1.55. The Morgan fingerprint density at radius 2 is 1.48 bits per heavy atom. The maximum Gasteiger partial charge on any atom is 0.237 e. The van der Waals surface area contributed by atoms with E-state index in [0.29, 0.717) is 5.02 Å². The summed E-state index contributed by atoms with van der Waals surface area (Å²) in [6, 6.07) is 13.4. The summed E-state index contributed by atoms with van der Waals surface area (Å²) in [5.41, 5.74) is 3.37. The Balaban J connectivity index is 1.74. The lowest BCUT2D eigenvalue weighted by molar-refractivity contribution is -0.137. The number of benzene rings is 2. The summed E-state index contributed by atoms with van der Waals surface area (Å²) in [6.45, 7) is 0. The Kier molecular flexibility index (Phi) is 3.42. The number of imide groups is 1. The zero-order valence-corrected chi connectivity index (χ0v) is 15.2. The average molecular weight is 378 g/mol. The van der Waals surface area contributed by atoms with Crippen molar-refractivity contribution in [1.29, 1.82) is 0 Å². The molecule has 134 valence electrons. The van der Waals surface area contributed by atoms with E-state index in [0.717, 1.165) is 32.9 Å². The van der Waals surface area contributed by atoms with E-state index in [1.165, 1.54) is 4.90 Å². The fourth-order valence-corrected chi connectivity index (χ4v) is 4.41. The van der Waals surface area contributed by atoms with Crippen LogP contribution in [0.25, 0.3) is 21.8 Å². The van der Waals surface area contributed by atoms with Gasteiger partial charge in [0, 0.05) is 35.7 Å². The number of aromatic nitrogens is 2. The lowest BCUT2D eigenvalue weighted by atomic mass is 9.83. The molecule has 0 spiro atoms. The van der Waals surface area contributed by atoms with Crippen molar-refractivity contribution in [2.75, 3.05) is 7.05 Å². The molecule has 2 N–H and O–H groups in total. The van der Waals surface area contributed by atoms with Crippen molar-refractivity contribution < 1.29 is 9.59 Å². The van der Waals surface area contributed by atoms with Gasteiger partial charge in [0.1, 0.15) is 0 Å². The highest BCUT2D eigenvalue weighted by atomic mass is 35.5. The van der Waals surface area contributed by atoms with E-state index in [1.807, 2.05) is 42.6 Å². The lowest BCUT2D eigenvalue weighted by Crippen LogP contribution is -2.25. The summed E-state index contributed by atoms with van der Waals surface area (Å²) in [6.07, 6.45) is 3.64. The van der Waals surface area contributed by atoms with E-state index in [2.05, 4.69) is 9.97 Å². The van der Waals surface area contributed by atoms with Crippen LogP contribution in [0.2, 0.25) is 5.02 Å². The van der Waals surface area contributed by atoms with Gasteiger partial charge in [0.15, 0.2) is 0 Å². The number of nitrogens with zero attached hydrogens (tertiary/aromatic N) is 1. The van der Waals surface area contributed by atoms with Crippen LogP contribution in [0.4, 0.5) is 0 Å². The maximum atomic E-state index is 13.0. The zero-order chi connectivity index (χ0) is 18.7. The fourth-order valence-electron chi connectivity index (χ4n) is 4.18. The number of likely N-dealkylation sites (tertiary alicyclic amines) is 1. The van der Waals surface area contributed by atoms with E-state index < -0.39 is 11.8 Å². The van der Waals surface area contributed by atoms with Crippen LogP contribution < -0.4 is 0 Å². The third-order valence-electron chi connectivity index (χ3n) is 5.51. The minimum absolute atomic E-state index is 0.189. The number of nitrogens with one attached hydrogen (secondary N) is 2. The van der Waals surface area contributed by atoms with Crippen LogP contribution in [0.15, 0.2) is 54.9 Å². The average Bonchev–Trinajstić information content (AvgIpc) is 3.34. The topological polar surface area (TPSA) is 69.0 Å². The molecule has 6 heteroatoms. The van der Waals surface area contributed by atoms with Crippen LogP contribution >= 0.6 is 11.6 Å². The van der Waals surface area contributed by atoms with Gasteiger partial charge in [0.2, 0.25) is 11.8 Å². The van der Waals surface area contributed by atoms with Crippen LogP contribution in [0.3, 0.4) is 0 Å². The molecule has 1 fully saturated rings. The first-order valence-corrected chi connectivity index (χ1v) is 9.08. The monoisotopic (exact) mass is 377 g/mol. The molecule has 2 aromatic heterocycles. The van der Waals surface area contributed by atoms with Crippen LogP contribution in [0.5, 0.6) is 0 Å². The highest BCUT2D eigenvalue weighted by Crippen LogP contribution is 2.45. The van der Waals surface area contributed by atoms with E-state index in [-0.39, 0.29) is 11.8 Å². The number of carbonyl (C=O) groups excluding carboxylic acids is 2. The Morgan fingerprint density at radius 1 is 0.852 bits per heavy atom. The number of halogens is 1. The van der Waals surface area contributed by atoms with Gasteiger partial charge >= 0.3 is 0 Å². The largest absolute Gasteiger partial charge is 0.361 e. The van der Waals surface area contributed by atoms with Crippen LogP contribution in [-0.4, -0.2) is 33.7 Å². The first-order chi connectivity index (χ1) is 13.1.